The van der Waals surface area contributed by atoms with E-state index in [9.17, 15) is 18.3 Å². The van der Waals surface area contributed by atoms with Gasteiger partial charge in [-0.2, -0.15) is 13.2 Å². The minimum Gasteiger partial charge on any atom is -0.396 e. The maximum absolute atomic E-state index is 12.3. The Kier molecular flexibility index (Phi) is 10.0. The van der Waals surface area contributed by atoms with Gasteiger partial charge in [-0.1, -0.05) is 30.3 Å². The first-order valence-electron chi connectivity index (χ1n) is 8.79. The first-order valence-corrected chi connectivity index (χ1v) is 8.79. The zero-order chi connectivity index (χ0) is 19.4. The van der Waals surface area contributed by atoms with Crippen molar-refractivity contribution in [1.29, 1.82) is 0 Å². The van der Waals surface area contributed by atoms with E-state index in [0.717, 1.165) is 5.56 Å². The highest BCUT2D eigenvalue weighted by atomic mass is 19.4. The molecule has 1 aromatic carbocycles. The molecular formula is C18H29F3N4O. The van der Waals surface area contributed by atoms with Crippen molar-refractivity contribution in [2.24, 2.45) is 4.99 Å². The highest BCUT2D eigenvalue weighted by Gasteiger charge is 2.28. The van der Waals surface area contributed by atoms with Gasteiger partial charge in [-0.25, -0.2) is 0 Å². The van der Waals surface area contributed by atoms with Crippen LogP contribution in [0.3, 0.4) is 0 Å². The molecule has 148 valence electrons. The van der Waals surface area contributed by atoms with E-state index in [4.69, 9.17) is 0 Å². The van der Waals surface area contributed by atoms with E-state index < -0.39 is 12.7 Å². The molecule has 5 nitrogen and oxygen atoms in total. The van der Waals surface area contributed by atoms with Crippen LogP contribution in [0.1, 0.15) is 24.8 Å². The molecule has 3 N–H and O–H groups in total. The quantitative estimate of drug-likeness (QED) is 0.334. The van der Waals surface area contributed by atoms with E-state index in [0.29, 0.717) is 38.6 Å². The van der Waals surface area contributed by atoms with E-state index in [1.807, 2.05) is 37.3 Å². The smallest absolute Gasteiger partial charge is 0.396 e. The maximum atomic E-state index is 12.3. The molecule has 0 bridgehead atoms. The van der Waals surface area contributed by atoms with Crippen molar-refractivity contribution in [3.63, 3.8) is 0 Å². The summed E-state index contributed by atoms with van der Waals surface area (Å²) in [5.41, 5.74) is 1.02. The fourth-order valence-corrected chi connectivity index (χ4v) is 2.48. The summed E-state index contributed by atoms with van der Waals surface area (Å²) < 4.78 is 36.9. The summed E-state index contributed by atoms with van der Waals surface area (Å²) in [7, 11) is 1.46. The van der Waals surface area contributed by atoms with Crippen LogP contribution in [0.5, 0.6) is 0 Å². The van der Waals surface area contributed by atoms with Crippen molar-refractivity contribution in [1.82, 2.24) is 15.5 Å². The number of benzene rings is 1. The van der Waals surface area contributed by atoms with E-state index >= 15 is 0 Å². The lowest BCUT2D eigenvalue weighted by molar-refractivity contribution is -0.143. The molecule has 1 atom stereocenters. The zero-order valence-electron chi connectivity index (χ0n) is 15.4. The number of rotatable bonds is 10. The first-order chi connectivity index (χ1) is 12.4. The summed E-state index contributed by atoms with van der Waals surface area (Å²) in [6.45, 7) is 2.98. The average molecular weight is 374 g/mol. The number of nitrogens with zero attached hydrogens (tertiary/aromatic N) is 2. The third-order valence-electron chi connectivity index (χ3n) is 3.76. The molecule has 1 rings (SSSR count). The Morgan fingerprint density at radius 3 is 2.50 bits per heavy atom. The molecule has 0 spiro atoms. The van der Waals surface area contributed by atoms with Gasteiger partial charge in [-0.15, -0.1) is 0 Å². The number of hydrogen-bond donors (Lipinski definition) is 3. The van der Waals surface area contributed by atoms with E-state index in [1.165, 1.54) is 11.9 Å². The van der Waals surface area contributed by atoms with Crippen molar-refractivity contribution in [3.8, 4) is 0 Å². The summed E-state index contributed by atoms with van der Waals surface area (Å²) in [5.74, 6) is 0.505. The lowest BCUT2D eigenvalue weighted by Gasteiger charge is -2.19. The summed E-state index contributed by atoms with van der Waals surface area (Å²) >= 11 is 0. The largest absolute Gasteiger partial charge is 0.401 e. The molecule has 26 heavy (non-hydrogen) atoms. The van der Waals surface area contributed by atoms with Gasteiger partial charge in [0, 0.05) is 19.0 Å². The van der Waals surface area contributed by atoms with Gasteiger partial charge in [0.25, 0.3) is 0 Å². The van der Waals surface area contributed by atoms with Crippen LogP contribution in [0.2, 0.25) is 0 Å². The molecule has 0 radical (unpaired) electrons. The van der Waals surface area contributed by atoms with Crippen LogP contribution < -0.4 is 10.6 Å². The van der Waals surface area contributed by atoms with Gasteiger partial charge in [0.05, 0.1) is 19.7 Å². The predicted molar refractivity (Wildman–Crippen MR) is 98.4 cm³/mol. The zero-order valence-corrected chi connectivity index (χ0v) is 15.4. The normalized spacial score (nSPS) is 13.7. The number of aliphatic hydroxyl groups is 1. The highest BCUT2D eigenvalue weighted by Crippen LogP contribution is 2.16. The number of halogens is 3. The maximum Gasteiger partial charge on any atom is 0.401 e. The third kappa shape index (κ3) is 9.62. The molecule has 1 aromatic rings. The molecule has 0 aromatic heterocycles. The van der Waals surface area contributed by atoms with Crippen LogP contribution in [0.25, 0.3) is 0 Å². The average Bonchev–Trinajstić information content (AvgIpc) is 2.58. The van der Waals surface area contributed by atoms with Crippen LogP contribution in [0.4, 0.5) is 13.2 Å². The summed E-state index contributed by atoms with van der Waals surface area (Å²) in [6, 6.07) is 9.66. The van der Waals surface area contributed by atoms with Gasteiger partial charge >= 0.3 is 6.18 Å². The second kappa shape index (κ2) is 11.7. The van der Waals surface area contributed by atoms with E-state index in [2.05, 4.69) is 15.6 Å². The Hall–Kier alpha value is -1.80. The van der Waals surface area contributed by atoms with E-state index in [1.54, 1.807) is 0 Å². The number of aliphatic hydroxyl groups excluding tert-OH is 1. The molecular weight excluding hydrogens is 345 g/mol. The molecule has 0 aliphatic heterocycles. The van der Waals surface area contributed by atoms with Crippen LogP contribution in [-0.2, 0) is 0 Å². The Morgan fingerprint density at radius 1 is 1.23 bits per heavy atom. The summed E-state index contributed by atoms with van der Waals surface area (Å²) in [6.07, 6.45) is -3.60. The number of guanidine groups is 1. The SMILES string of the molecule is CCNC(=NCC(CO)c1ccccc1)NCCCN(C)CC(F)(F)F. The molecule has 0 aliphatic rings. The van der Waals surface area contributed by atoms with E-state index in [-0.39, 0.29) is 12.5 Å². The first kappa shape index (κ1) is 22.2. The second-order valence-electron chi connectivity index (χ2n) is 6.14. The third-order valence-corrected chi connectivity index (χ3v) is 3.76. The molecule has 0 saturated carbocycles. The number of nitrogens with one attached hydrogen (secondary N) is 2. The van der Waals surface area contributed by atoms with Crippen LogP contribution in [-0.4, -0.2) is 68.5 Å². The van der Waals surface area contributed by atoms with Crippen molar-refractivity contribution in [2.75, 3.05) is 46.4 Å². The molecule has 0 saturated heterocycles. The molecule has 0 heterocycles. The topological polar surface area (TPSA) is 59.9 Å². The number of aliphatic imine (C=N–C) groups is 1. The Morgan fingerprint density at radius 2 is 1.92 bits per heavy atom. The minimum absolute atomic E-state index is 0.00481. The van der Waals surface area contributed by atoms with Gasteiger partial charge in [0.1, 0.15) is 0 Å². The van der Waals surface area contributed by atoms with Gasteiger partial charge in [0.2, 0.25) is 0 Å². The van der Waals surface area contributed by atoms with Crippen molar-refractivity contribution in [2.45, 2.75) is 25.4 Å². The number of hydrogen-bond acceptors (Lipinski definition) is 3. The highest BCUT2D eigenvalue weighted by molar-refractivity contribution is 5.79. The van der Waals surface area contributed by atoms with Crippen molar-refractivity contribution in [3.05, 3.63) is 35.9 Å². The molecule has 0 fully saturated rings. The fourth-order valence-electron chi connectivity index (χ4n) is 2.48. The minimum atomic E-state index is -4.17. The molecule has 0 aliphatic carbocycles. The Balaban J connectivity index is 2.45. The molecule has 0 amide bonds. The fraction of sp³-hybridized carbons (Fsp3) is 0.611. The van der Waals surface area contributed by atoms with Crippen LogP contribution >= 0.6 is 0 Å². The number of alkyl halides is 3. The van der Waals surface area contributed by atoms with Gasteiger partial charge in [0.15, 0.2) is 5.96 Å². The summed E-state index contributed by atoms with van der Waals surface area (Å²) in [4.78, 5) is 5.73. The van der Waals surface area contributed by atoms with Crippen LogP contribution in [0, 0.1) is 0 Å². The lowest BCUT2D eigenvalue weighted by Crippen LogP contribution is -2.39. The molecule has 1 unspecified atom stereocenters. The second-order valence-corrected chi connectivity index (χ2v) is 6.14. The Labute approximate surface area is 153 Å². The molecule has 8 heteroatoms. The Bertz CT molecular complexity index is 523. The monoisotopic (exact) mass is 374 g/mol. The lowest BCUT2D eigenvalue weighted by atomic mass is 10.0. The standard InChI is InChI=1S/C18H29F3N4O/c1-3-22-17(23-10-7-11-25(2)14-18(19,20)21)24-12-16(13-26)15-8-5-4-6-9-15/h4-6,8-9,16,26H,3,7,10-14H2,1-2H3,(H2,22,23,24). The van der Waals surface area contributed by atoms with Gasteiger partial charge in [-0.3, -0.25) is 9.89 Å². The predicted octanol–water partition coefficient (Wildman–Crippen LogP) is 2.20. The van der Waals surface area contributed by atoms with Gasteiger partial charge in [-0.05, 0) is 32.5 Å². The summed E-state index contributed by atoms with van der Waals surface area (Å²) in [5, 5.41) is 15.8. The van der Waals surface area contributed by atoms with Crippen molar-refractivity contribution < 1.29 is 18.3 Å². The van der Waals surface area contributed by atoms with Gasteiger partial charge < -0.3 is 15.7 Å². The van der Waals surface area contributed by atoms with Crippen molar-refractivity contribution >= 4 is 5.96 Å². The van der Waals surface area contributed by atoms with Crippen LogP contribution in [0.15, 0.2) is 35.3 Å².